The Morgan fingerprint density at radius 2 is 1.70 bits per heavy atom. The van der Waals surface area contributed by atoms with Crippen LogP contribution in [0.25, 0.3) is 0 Å². The summed E-state index contributed by atoms with van der Waals surface area (Å²) in [5.74, 6) is 0.599. The van der Waals surface area contributed by atoms with E-state index in [0.29, 0.717) is 36.0 Å². The molecule has 0 unspecified atom stereocenters. The van der Waals surface area contributed by atoms with Gasteiger partial charge in [0, 0.05) is 37.6 Å². The number of anilines is 1. The molecule has 0 aliphatic carbocycles. The summed E-state index contributed by atoms with van der Waals surface area (Å²) in [7, 11) is 0.657. The predicted octanol–water partition coefficient (Wildman–Crippen LogP) is 3.09. The Morgan fingerprint density at radius 1 is 1.03 bits per heavy atom. The molecule has 164 valence electrons. The molecule has 1 aliphatic rings. The smallest absolute Gasteiger partial charge is 0.264 e. The van der Waals surface area contributed by atoms with Crippen LogP contribution < -0.4 is 14.2 Å². The highest BCUT2D eigenvalue weighted by atomic mass is 32.2. The van der Waals surface area contributed by atoms with Crippen LogP contribution in [0.2, 0.25) is 0 Å². The number of likely N-dealkylation sites (tertiary alicyclic amines) is 1. The summed E-state index contributed by atoms with van der Waals surface area (Å²) in [4.78, 5) is 15.1. The van der Waals surface area contributed by atoms with Crippen LogP contribution in [-0.2, 0) is 17.1 Å². The molecule has 1 aromatic carbocycles. The van der Waals surface area contributed by atoms with Gasteiger partial charge in [-0.3, -0.25) is 9.52 Å². The first-order chi connectivity index (χ1) is 14.2. The summed E-state index contributed by atoms with van der Waals surface area (Å²) in [6.45, 7) is 4.76. The lowest BCUT2D eigenvalue weighted by Crippen LogP contribution is -2.36. The first-order valence-electron chi connectivity index (χ1n) is 9.91. The molecule has 0 bridgehead atoms. The minimum atomic E-state index is -4.07. The van der Waals surface area contributed by atoms with Gasteiger partial charge in [-0.1, -0.05) is 0 Å². The summed E-state index contributed by atoms with van der Waals surface area (Å²) in [5.41, 5.74) is 1.60. The summed E-state index contributed by atoms with van der Waals surface area (Å²) >= 11 is 0. The fraction of sp³-hybridized carbons (Fsp3) is 0.476. The van der Waals surface area contributed by atoms with E-state index in [1.807, 2.05) is 0 Å². The van der Waals surface area contributed by atoms with E-state index in [9.17, 15) is 13.2 Å². The second kappa shape index (κ2) is 8.59. The normalized spacial score (nSPS) is 14.5. The zero-order chi connectivity index (χ0) is 22.1. The van der Waals surface area contributed by atoms with Crippen LogP contribution in [0.3, 0.4) is 0 Å². The van der Waals surface area contributed by atoms with Crippen LogP contribution in [0.1, 0.15) is 41.0 Å². The Morgan fingerprint density at radius 3 is 2.30 bits per heavy atom. The Kier molecular flexibility index (Phi) is 6.30. The molecule has 0 radical (unpaired) electrons. The maximum absolute atomic E-state index is 13.5. The average Bonchev–Trinajstić information content (AvgIpc) is 2.98. The standard InChI is InChI=1S/C21H29N3O5S/c1-14-19(21(25)24-11-7-6-8-12-24)20(15(2)23(14)3)30(26,27)22-17-13-16(28-4)9-10-18(17)29-5/h9-10,13,22H,6-8,11-12H2,1-5H3. The molecular weight excluding hydrogens is 406 g/mol. The fourth-order valence-corrected chi connectivity index (χ4v) is 5.42. The highest BCUT2D eigenvalue weighted by Gasteiger charge is 2.33. The van der Waals surface area contributed by atoms with Crippen molar-refractivity contribution in [2.45, 2.75) is 38.0 Å². The van der Waals surface area contributed by atoms with Gasteiger partial charge in [-0.15, -0.1) is 0 Å². The van der Waals surface area contributed by atoms with Gasteiger partial charge in [0.05, 0.1) is 25.5 Å². The Bertz CT molecular complexity index is 1050. The Hall–Kier alpha value is -2.68. The number of carbonyl (C=O) groups excluding carboxylic acids is 1. The number of nitrogens with zero attached hydrogens (tertiary/aromatic N) is 2. The third kappa shape index (κ3) is 3.98. The van der Waals surface area contributed by atoms with Crippen molar-refractivity contribution in [1.82, 2.24) is 9.47 Å². The number of hydrogen-bond acceptors (Lipinski definition) is 5. The molecule has 9 heteroatoms. The van der Waals surface area contributed by atoms with Gasteiger partial charge in [-0.05, 0) is 45.2 Å². The molecule has 1 fully saturated rings. The van der Waals surface area contributed by atoms with E-state index in [2.05, 4.69) is 4.72 Å². The van der Waals surface area contributed by atoms with E-state index >= 15 is 0 Å². The van der Waals surface area contributed by atoms with Gasteiger partial charge in [-0.2, -0.15) is 0 Å². The molecule has 30 heavy (non-hydrogen) atoms. The van der Waals surface area contributed by atoms with E-state index < -0.39 is 10.0 Å². The molecule has 1 saturated heterocycles. The Balaban J connectivity index is 2.08. The van der Waals surface area contributed by atoms with Gasteiger partial charge < -0.3 is 18.9 Å². The summed E-state index contributed by atoms with van der Waals surface area (Å²) in [5, 5.41) is 0. The Labute approximate surface area is 177 Å². The fourth-order valence-electron chi connectivity index (χ4n) is 3.84. The second-order valence-electron chi connectivity index (χ2n) is 7.46. The number of sulfonamides is 1. The minimum Gasteiger partial charge on any atom is -0.497 e. The van der Waals surface area contributed by atoms with Crippen molar-refractivity contribution < 1.29 is 22.7 Å². The first-order valence-corrected chi connectivity index (χ1v) is 11.4. The van der Waals surface area contributed by atoms with Crippen molar-refractivity contribution in [3.05, 3.63) is 35.2 Å². The first kappa shape index (κ1) is 22.0. The van der Waals surface area contributed by atoms with E-state index in [4.69, 9.17) is 9.47 Å². The van der Waals surface area contributed by atoms with Gasteiger partial charge in [-0.25, -0.2) is 8.42 Å². The summed E-state index contributed by atoms with van der Waals surface area (Å²) in [6, 6.07) is 4.85. The minimum absolute atomic E-state index is 0.00273. The molecule has 0 spiro atoms. The molecule has 1 aromatic heterocycles. The number of aromatic nitrogens is 1. The summed E-state index contributed by atoms with van der Waals surface area (Å²) < 4.78 is 41.8. The lowest BCUT2D eigenvalue weighted by molar-refractivity contribution is 0.0720. The van der Waals surface area contributed by atoms with Crippen molar-refractivity contribution in [3.63, 3.8) is 0 Å². The number of carbonyl (C=O) groups is 1. The molecule has 0 atom stereocenters. The van der Waals surface area contributed by atoms with Crippen molar-refractivity contribution in [1.29, 1.82) is 0 Å². The van der Waals surface area contributed by atoms with Crippen LogP contribution >= 0.6 is 0 Å². The monoisotopic (exact) mass is 435 g/mol. The predicted molar refractivity (Wildman–Crippen MR) is 115 cm³/mol. The quantitative estimate of drug-likeness (QED) is 0.753. The van der Waals surface area contributed by atoms with E-state index in [1.165, 1.54) is 14.2 Å². The molecule has 1 aliphatic heterocycles. The maximum Gasteiger partial charge on any atom is 0.264 e. The number of ether oxygens (including phenoxy) is 2. The number of amides is 1. The highest BCUT2D eigenvalue weighted by molar-refractivity contribution is 7.92. The molecule has 2 aromatic rings. The molecule has 0 saturated carbocycles. The number of piperidine rings is 1. The zero-order valence-corrected chi connectivity index (χ0v) is 18.9. The SMILES string of the molecule is COc1ccc(OC)c(NS(=O)(=O)c2c(C(=O)N3CCCCC3)c(C)n(C)c2C)c1. The molecule has 3 rings (SSSR count). The summed E-state index contributed by atoms with van der Waals surface area (Å²) in [6.07, 6.45) is 2.94. The van der Waals surface area contributed by atoms with Crippen molar-refractivity contribution in [2.24, 2.45) is 7.05 Å². The largest absolute Gasteiger partial charge is 0.497 e. The third-order valence-electron chi connectivity index (χ3n) is 5.70. The van der Waals surface area contributed by atoms with E-state index in [-0.39, 0.29) is 22.1 Å². The van der Waals surface area contributed by atoms with Crippen LogP contribution in [0, 0.1) is 13.8 Å². The highest BCUT2D eigenvalue weighted by Crippen LogP contribution is 2.34. The number of hydrogen-bond donors (Lipinski definition) is 1. The number of benzene rings is 1. The third-order valence-corrected chi connectivity index (χ3v) is 7.23. The van der Waals surface area contributed by atoms with Crippen molar-refractivity contribution in [3.8, 4) is 11.5 Å². The van der Waals surface area contributed by atoms with Crippen LogP contribution in [0.15, 0.2) is 23.1 Å². The lowest BCUT2D eigenvalue weighted by Gasteiger charge is -2.27. The van der Waals surface area contributed by atoms with E-state index in [1.54, 1.807) is 48.6 Å². The molecule has 1 amide bonds. The van der Waals surface area contributed by atoms with Crippen LogP contribution in [0.5, 0.6) is 11.5 Å². The van der Waals surface area contributed by atoms with Crippen LogP contribution in [-0.4, -0.2) is 51.1 Å². The number of rotatable bonds is 6. The number of nitrogens with one attached hydrogen (secondary N) is 1. The topological polar surface area (TPSA) is 89.9 Å². The molecule has 2 heterocycles. The van der Waals surface area contributed by atoms with Gasteiger partial charge in [0.2, 0.25) is 0 Å². The van der Waals surface area contributed by atoms with Gasteiger partial charge in [0.25, 0.3) is 15.9 Å². The van der Waals surface area contributed by atoms with Crippen LogP contribution in [0.4, 0.5) is 5.69 Å². The zero-order valence-electron chi connectivity index (χ0n) is 18.1. The molecular formula is C21H29N3O5S. The molecule has 8 nitrogen and oxygen atoms in total. The van der Waals surface area contributed by atoms with E-state index in [0.717, 1.165) is 19.3 Å². The van der Waals surface area contributed by atoms with Gasteiger partial charge in [0.15, 0.2) is 0 Å². The maximum atomic E-state index is 13.5. The van der Waals surface area contributed by atoms with Crippen molar-refractivity contribution >= 4 is 21.6 Å². The van der Waals surface area contributed by atoms with Gasteiger partial charge >= 0.3 is 0 Å². The molecule has 1 N–H and O–H groups in total. The van der Waals surface area contributed by atoms with Crippen molar-refractivity contribution in [2.75, 3.05) is 32.0 Å². The average molecular weight is 436 g/mol. The number of methoxy groups -OCH3 is 2. The lowest BCUT2D eigenvalue weighted by atomic mass is 10.1. The van der Waals surface area contributed by atoms with Gasteiger partial charge in [0.1, 0.15) is 16.4 Å². The second-order valence-corrected chi connectivity index (χ2v) is 9.08.